The minimum absolute atomic E-state index is 0.310. The lowest BCUT2D eigenvalue weighted by atomic mass is 10.0. The number of para-hydroxylation sites is 2. The van der Waals surface area contributed by atoms with Crippen LogP contribution in [0.15, 0.2) is 42.5 Å². The van der Waals surface area contributed by atoms with E-state index in [2.05, 4.69) is 5.32 Å². The van der Waals surface area contributed by atoms with Crippen LogP contribution in [0.3, 0.4) is 0 Å². The summed E-state index contributed by atoms with van der Waals surface area (Å²) >= 11 is 0. The summed E-state index contributed by atoms with van der Waals surface area (Å²) < 4.78 is 47.2. The number of benzene rings is 2. The van der Waals surface area contributed by atoms with Crippen molar-refractivity contribution < 1.29 is 17.5 Å². The predicted molar refractivity (Wildman–Crippen MR) is 101 cm³/mol. The van der Waals surface area contributed by atoms with Gasteiger partial charge < -0.3 is 10.1 Å². The molecule has 2 aromatic rings. The van der Waals surface area contributed by atoms with E-state index in [4.69, 9.17) is 4.74 Å². The fourth-order valence-corrected chi connectivity index (χ4v) is 5.40. The molecule has 0 aromatic heterocycles. The maximum Gasteiger partial charge on any atom is 0.242 e. The Morgan fingerprint density at radius 1 is 1.23 bits per heavy atom. The lowest BCUT2D eigenvalue weighted by molar-refractivity contribution is 0.416. The summed E-state index contributed by atoms with van der Waals surface area (Å²) in [7, 11) is -0.314. The van der Waals surface area contributed by atoms with E-state index in [0.717, 1.165) is 13.0 Å². The minimum atomic E-state index is -3.65. The monoisotopic (exact) mass is 378 g/mol. The minimum Gasteiger partial charge on any atom is -0.495 e. The highest BCUT2D eigenvalue weighted by molar-refractivity contribution is 7.93. The fourth-order valence-electron chi connectivity index (χ4n) is 3.37. The summed E-state index contributed by atoms with van der Waals surface area (Å²) in [6.07, 6.45) is 1.54. The first-order chi connectivity index (χ1) is 12.5. The second-order valence-electron chi connectivity index (χ2n) is 6.33. The molecular formula is C19H23FN2O3S. The molecule has 1 aliphatic heterocycles. The SMILES string of the molecule is CNCCC[C@H]1Cc2cc(F)ccc2N(c2ccccc2OC)S1(=O)=O. The van der Waals surface area contributed by atoms with Crippen LogP contribution in [0.2, 0.25) is 0 Å². The van der Waals surface area contributed by atoms with Crippen molar-refractivity contribution in [3.63, 3.8) is 0 Å². The van der Waals surface area contributed by atoms with Crippen molar-refractivity contribution in [2.75, 3.05) is 25.0 Å². The third-order valence-electron chi connectivity index (χ3n) is 4.64. The first kappa shape index (κ1) is 18.7. The molecule has 2 aromatic carbocycles. The molecule has 1 heterocycles. The first-order valence-electron chi connectivity index (χ1n) is 8.59. The van der Waals surface area contributed by atoms with Gasteiger partial charge in [0.1, 0.15) is 11.6 Å². The average Bonchev–Trinajstić information content (AvgIpc) is 2.62. The number of anilines is 2. The van der Waals surface area contributed by atoms with Crippen LogP contribution in [-0.4, -0.2) is 34.4 Å². The summed E-state index contributed by atoms with van der Waals surface area (Å²) in [6, 6.07) is 11.2. The van der Waals surface area contributed by atoms with E-state index in [1.165, 1.54) is 29.6 Å². The van der Waals surface area contributed by atoms with E-state index < -0.39 is 15.3 Å². The van der Waals surface area contributed by atoms with Gasteiger partial charge in [-0.05, 0) is 68.8 Å². The first-order valence-corrected chi connectivity index (χ1v) is 10.1. The van der Waals surface area contributed by atoms with Gasteiger partial charge in [-0.2, -0.15) is 0 Å². The lowest BCUT2D eigenvalue weighted by Crippen LogP contribution is -2.41. The molecule has 3 rings (SSSR count). The molecule has 1 N–H and O–H groups in total. The normalized spacial score (nSPS) is 18.4. The van der Waals surface area contributed by atoms with Gasteiger partial charge in [0.25, 0.3) is 0 Å². The highest BCUT2D eigenvalue weighted by atomic mass is 32.2. The molecule has 140 valence electrons. The average molecular weight is 378 g/mol. The zero-order valence-corrected chi connectivity index (χ0v) is 15.7. The van der Waals surface area contributed by atoms with E-state index in [1.54, 1.807) is 24.3 Å². The number of sulfonamides is 1. The molecule has 0 saturated heterocycles. The molecule has 0 aliphatic carbocycles. The van der Waals surface area contributed by atoms with Gasteiger partial charge in [0.15, 0.2) is 0 Å². The van der Waals surface area contributed by atoms with Crippen LogP contribution in [0, 0.1) is 5.82 Å². The molecule has 0 radical (unpaired) electrons. The molecule has 0 bridgehead atoms. The highest BCUT2D eigenvalue weighted by Crippen LogP contribution is 2.43. The molecule has 7 heteroatoms. The fraction of sp³-hybridized carbons (Fsp3) is 0.368. The lowest BCUT2D eigenvalue weighted by Gasteiger charge is -2.36. The quantitative estimate of drug-likeness (QED) is 0.784. The van der Waals surface area contributed by atoms with Gasteiger partial charge in [-0.25, -0.2) is 17.1 Å². The zero-order valence-electron chi connectivity index (χ0n) is 14.9. The van der Waals surface area contributed by atoms with Crippen LogP contribution < -0.4 is 14.4 Å². The number of hydrogen-bond acceptors (Lipinski definition) is 4. The number of ether oxygens (including phenoxy) is 1. The van der Waals surface area contributed by atoms with Crippen molar-refractivity contribution in [2.45, 2.75) is 24.5 Å². The van der Waals surface area contributed by atoms with E-state index >= 15 is 0 Å². The topological polar surface area (TPSA) is 58.6 Å². The number of nitrogens with one attached hydrogen (secondary N) is 1. The van der Waals surface area contributed by atoms with Crippen LogP contribution in [0.25, 0.3) is 0 Å². The Kier molecular flexibility index (Phi) is 5.48. The van der Waals surface area contributed by atoms with Crippen molar-refractivity contribution in [3.05, 3.63) is 53.8 Å². The number of nitrogens with zero attached hydrogens (tertiary/aromatic N) is 1. The number of rotatable bonds is 6. The summed E-state index contributed by atoms with van der Waals surface area (Å²) in [6.45, 7) is 0.733. The summed E-state index contributed by atoms with van der Waals surface area (Å²) in [5.74, 6) is 0.0965. The van der Waals surface area contributed by atoms with Crippen molar-refractivity contribution in [1.29, 1.82) is 0 Å². The molecule has 26 heavy (non-hydrogen) atoms. The second-order valence-corrected chi connectivity index (χ2v) is 8.39. The molecule has 0 fully saturated rings. The van der Waals surface area contributed by atoms with E-state index in [1.807, 2.05) is 7.05 Å². The van der Waals surface area contributed by atoms with Crippen LogP contribution in [0.4, 0.5) is 15.8 Å². The molecule has 1 atom stereocenters. The number of halogens is 1. The van der Waals surface area contributed by atoms with Crippen molar-refractivity contribution in [3.8, 4) is 5.75 Å². The van der Waals surface area contributed by atoms with Gasteiger partial charge in [0.05, 0.1) is 23.7 Å². The Balaban J connectivity index is 2.13. The van der Waals surface area contributed by atoms with Gasteiger partial charge in [0, 0.05) is 0 Å². The maximum absolute atomic E-state index is 13.8. The molecule has 1 aliphatic rings. The maximum atomic E-state index is 13.8. The Morgan fingerprint density at radius 3 is 2.73 bits per heavy atom. The number of fused-ring (bicyclic) bond motifs is 1. The third kappa shape index (κ3) is 3.41. The molecular weight excluding hydrogens is 355 g/mol. The van der Waals surface area contributed by atoms with E-state index in [0.29, 0.717) is 35.5 Å². The molecule has 0 amide bonds. The summed E-state index contributed by atoms with van der Waals surface area (Å²) in [5.41, 5.74) is 1.63. The van der Waals surface area contributed by atoms with Crippen LogP contribution in [-0.2, 0) is 16.4 Å². The highest BCUT2D eigenvalue weighted by Gasteiger charge is 2.40. The Hall–Kier alpha value is -2.12. The summed E-state index contributed by atoms with van der Waals surface area (Å²) in [5, 5.41) is 2.43. The van der Waals surface area contributed by atoms with Gasteiger partial charge in [-0.3, -0.25) is 0 Å². The standard InChI is InChI=1S/C19H23FN2O3S/c1-21-11-5-6-16-13-14-12-15(20)9-10-17(14)22(26(16,23)24)18-7-3-4-8-19(18)25-2/h3-4,7-10,12,16,21H,5-6,11,13H2,1-2H3/t16-/m0/s1. The van der Waals surface area contributed by atoms with Crippen LogP contribution in [0.5, 0.6) is 5.75 Å². The van der Waals surface area contributed by atoms with Gasteiger partial charge >= 0.3 is 0 Å². The Labute approximate surface area is 153 Å². The number of hydrogen-bond donors (Lipinski definition) is 1. The second kappa shape index (κ2) is 7.63. The number of methoxy groups -OCH3 is 1. The zero-order chi connectivity index (χ0) is 18.7. The molecule has 0 unspecified atom stereocenters. The predicted octanol–water partition coefficient (Wildman–Crippen LogP) is 3.23. The smallest absolute Gasteiger partial charge is 0.242 e. The molecule has 0 saturated carbocycles. The molecule has 0 spiro atoms. The van der Waals surface area contributed by atoms with Crippen molar-refractivity contribution in [2.24, 2.45) is 0 Å². The Bertz CT molecular complexity index is 886. The van der Waals surface area contributed by atoms with E-state index in [9.17, 15) is 12.8 Å². The van der Waals surface area contributed by atoms with Crippen molar-refractivity contribution in [1.82, 2.24) is 5.32 Å². The van der Waals surface area contributed by atoms with Crippen molar-refractivity contribution >= 4 is 21.4 Å². The van der Waals surface area contributed by atoms with Gasteiger partial charge in [-0.1, -0.05) is 12.1 Å². The summed E-state index contributed by atoms with van der Waals surface area (Å²) in [4.78, 5) is 0. The van der Waals surface area contributed by atoms with E-state index in [-0.39, 0.29) is 5.82 Å². The van der Waals surface area contributed by atoms with Crippen LogP contribution >= 0.6 is 0 Å². The largest absolute Gasteiger partial charge is 0.495 e. The third-order valence-corrected chi connectivity index (χ3v) is 6.79. The van der Waals surface area contributed by atoms with Gasteiger partial charge in [-0.15, -0.1) is 0 Å². The van der Waals surface area contributed by atoms with Gasteiger partial charge in [0.2, 0.25) is 10.0 Å². The Morgan fingerprint density at radius 2 is 2.00 bits per heavy atom. The molecule has 5 nitrogen and oxygen atoms in total. The van der Waals surface area contributed by atoms with Crippen LogP contribution in [0.1, 0.15) is 18.4 Å².